The highest BCUT2D eigenvalue weighted by molar-refractivity contribution is 9.13. The maximum atomic E-state index is 11.9. The third-order valence-electron chi connectivity index (χ3n) is 9.95. The second-order valence-corrected chi connectivity index (χ2v) is 32.9. The molecule has 1 aromatic carbocycles. The Morgan fingerprint density at radius 1 is 0.505 bits per heavy atom. The van der Waals surface area contributed by atoms with Gasteiger partial charge in [0.1, 0.15) is 55.2 Å². The molecule has 10 aromatic heterocycles. The number of anilines is 5. The Bertz CT molecular complexity index is 4490. The van der Waals surface area contributed by atoms with E-state index >= 15 is 0 Å². The molecule has 3 amide bonds. The summed E-state index contributed by atoms with van der Waals surface area (Å²) in [6.07, 6.45) is 0. The number of rotatable bonds is 6. The van der Waals surface area contributed by atoms with Gasteiger partial charge in [0.2, 0.25) is 0 Å². The molecule has 520 valence electrons. The fourth-order valence-corrected chi connectivity index (χ4v) is 16.9. The van der Waals surface area contributed by atoms with E-state index in [1.807, 2.05) is 37.3 Å². The van der Waals surface area contributed by atoms with Crippen LogP contribution in [0, 0.1) is 20.5 Å². The molecule has 0 saturated carbocycles. The molecular weight excluding hydrogens is 2420 g/mol. The lowest BCUT2D eigenvalue weighted by Gasteiger charge is -2.10. The van der Waals surface area contributed by atoms with Gasteiger partial charge in [-0.3, -0.25) is 25.5 Å². The zero-order valence-corrected chi connectivity index (χ0v) is 77.3. The minimum Gasteiger partial charge on any atom is -0.617 e. The predicted octanol–water partition coefficient (Wildman–Crippen LogP) is 20.5. The number of hydrogen-bond donors (Lipinski definition) is 8. The number of halogens is 16. The number of benzene rings is 1. The number of nitrogens with zero attached hydrogens (tertiary/aromatic N) is 11. The van der Waals surface area contributed by atoms with E-state index in [-0.39, 0.29) is 37.1 Å². The number of hydrogen-bond acceptors (Lipinski definition) is 20. The van der Waals surface area contributed by atoms with Crippen molar-refractivity contribution in [2.45, 2.75) is 6.92 Å². The van der Waals surface area contributed by atoms with Crippen LogP contribution in [-0.2, 0) is 0 Å². The average molecular weight is 2450 g/mol. The Balaban J connectivity index is 0.000000245. The molecule has 0 fully saturated rings. The first kappa shape index (κ1) is 88.2. The number of urea groups is 1. The lowest BCUT2D eigenvalue weighted by atomic mass is 10.2. The fourth-order valence-electron chi connectivity index (χ4n) is 6.17. The van der Waals surface area contributed by atoms with Crippen molar-refractivity contribution in [2.75, 3.05) is 34.0 Å². The summed E-state index contributed by atoms with van der Waals surface area (Å²) < 4.78 is 13.2. The van der Waals surface area contributed by atoms with Crippen molar-refractivity contribution < 1.29 is 24.0 Å². The van der Waals surface area contributed by atoms with E-state index < -0.39 is 4.92 Å². The van der Waals surface area contributed by atoms with Gasteiger partial charge in [-0.05, 0) is 301 Å². The maximum Gasteiger partial charge on any atom is 0.321 e. The van der Waals surface area contributed by atoms with E-state index in [1.165, 1.54) is 22.7 Å². The molecule has 0 unspecified atom stereocenters. The number of fused-ring (bicyclic) bond motifs is 2. The summed E-state index contributed by atoms with van der Waals surface area (Å²) in [5, 5.41) is 47.2. The third kappa shape index (κ3) is 33.6. The summed E-state index contributed by atoms with van der Waals surface area (Å²) in [5.41, 5.74) is 20.6. The largest absolute Gasteiger partial charge is 0.617 e. The molecule has 0 aliphatic carbocycles. The molecule has 10 heterocycles. The molecule has 0 atom stereocenters. The summed E-state index contributed by atoms with van der Waals surface area (Å²) in [7, 11) is 0. The van der Waals surface area contributed by atoms with E-state index in [0.29, 0.717) is 60.4 Å². The van der Waals surface area contributed by atoms with E-state index in [4.69, 9.17) is 29.4 Å². The summed E-state index contributed by atoms with van der Waals surface area (Å²) in [5.74, 6) is -0.254. The Hall–Kier alpha value is -3.20. The number of nitrogen functional groups attached to an aromatic ring is 2. The second-order valence-electron chi connectivity index (χ2n) is 17.2. The van der Waals surface area contributed by atoms with Gasteiger partial charge >= 0.3 is 6.03 Å². The van der Waals surface area contributed by atoms with Gasteiger partial charge in [-0.1, -0.05) is 46.9 Å². The highest BCUT2D eigenvalue weighted by atomic mass is 79.9. The van der Waals surface area contributed by atoms with Gasteiger partial charge in [0.25, 0.3) is 30.0 Å². The Labute approximate surface area is 715 Å². The van der Waals surface area contributed by atoms with Gasteiger partial charge in [-0.2, -0.15) is 9.46 Å². The molecule has 99 heavy (non-hydrogen) atoms. The number of thiazole rings is 2. The third-order valence-corrected chi connectivity index (χ3v) is 20.2. The van der Waals surface area contributed by atoms with E-state index in [9.17, 15) is 30.1 Å². The number of nitrogens with two attached hydrogens (primary N) is 3. The number of pyridine rings is 8. The Kier molecular flexibility index (Phi) is 40.3. The van der Waals surface area contributed by atoms with Gasteiger partial charge in [-0.25, -0.2) is 44.7 Å². The highest BCUT2D eigenvalue weighted by Gasteiger charge is 2.17. The van der Waals surface area contributed by atoms with Crippen LogP contribution in [0.2, 0.25) is 0 Å². The SMILES string of the molecule is Brc1cccc(Br)n1.CCNC(=O)Nc1nc2cc(Br)nc(Br)c2s1.NC(=S)Nc1cc(Br)nc(Br)c1.Nc1cc(Br)nc(Br)c1.Nc1nc2cc(Br)nc(Br)c2s1.O=C(NC(=S)Nc1cc(Br)nc(Br)c1)c1ccccc1.O=[N+]([O-])c1cc(Br)[n+]([O-])c(Br)c1.[O-][n+]1c(Br)cccc1Br. The quantitative estimate of drug-likeness (QED) is 0.0191. The van der Waals surface area contributed by atoms with Crippen molar-refractivity contribution in [2.24, 2.45) is 5.73 Å². The number of amides is 3. The van der Waals surface area contributed by atoms with E-state index in [1.54, 1.807) is 84.9 Å². The van der Waals surface area contributed by atoms with Gasteiger partial charge in [-0.15, -0.1) is 0 Å². The van der Waals surface area contributed by atoms with Gasteiger partial charge < -0.3 is 43.6 Å². The Morgan fingerprint density at radius 2 is 0.919 bits per heavy atom. The first-order chi connectivity index (χ1) is 46.6. The lowest BCUT2D eigenvalue weighted by molar-refractivity contribution is -0.629. The smallest absolute Gasteiger partial charge is 0.321 e. The molecule has 0 spiro atoms. The zero-order valence-electron chi connectivity index (χ0n) is 48.6. The molecule has 25 nitrogen and oxygen atoms in total. The molecule has 0 radical (unpaired) electrons. The average Bonchev–Trinajstić information content (AvgIpc) is 1.68. The zero-order chi connectivity index (χ0) is 73.8. The molecule has 11 rings (SSSR count). The van der Waals surface area contributed by atoms with Gasteiger partial charge in [0, 0.05) is 105 Å². The van der Waals surface area contributed by atoms with Crippen LogP contribution in [0.4, 0.5) is 37.8 Å². The van der Waals surface area contributed by atoms with Crippen molar-refractivity contribution in [1.82, 2.24) is 50.5 Å². The molecule has 11 N–H and O–H groups in total. The molecule has 11 aromatic rings. The lowest BCUT2D eigenvalue weighted by Crippen LogP contribution is -2.34. The van der Waals surface area contributed by atoms with Crippen LogP contribution in [0.15, 0.2) is 201 Å². The predicted molar refractivity (Wildman–Crippen MR) is 454 cm³/mol. The fraction of sp³-hybridized carbons (Fsp3) is 0.0370. The number of thiocarbonyl (C=S) groups is 2. The van der Waals surface area contributed by atoms with Crippen LogP contribution >= 0.6 is 302 Å². The molecule has 0 aliphatic rings. The normalized spacial score (nSPS) is 9.95. The van der Waals surface area contributed by atoms with Crippen LogP contribution in [-0.4, -0.2) is 73.5 Å². The molecule has 0 bridgehead atoms. The number of nitro groups is 1. The van der Waals surface area contributed by atoms with Crippen molar-refractivity contribution >= 4 is 378 Å². The number of aromatic nitrogens is 10. The summed E-state index contributed by atoms with van der Waals surface area (Å²) >= 11 is 63.6. The van der Waals surface area contributed by atoms with Crippen LogP contribution in [0.25, 0.3) is 20.4 Å². The van der Waals surface area contributed by atoms with E-state index in [2.05, 4.69) is 334 Å². The minimum absolute atomic E-state index is 0.101. The topological polar surface area (TPSA) is 372 Å². The molecule has 0 aliphatic heterocycles. The van der Waals surface area contributed by atoms with Gasteiger partial charge in [0.05, 0.1) is 37.5 Å². The van der Waals surface area contributed by atoms with Crippen LogP contribution in [0.3, 0.4) is 0 Å². The minimum atomic E-state index is -0.574. The maximum absolute atomic E-state index is 11.9. The molecule has 0 saturated heterocycles. The monoisotopic (exact) mass is 2440 g/mol. The van der Waals surface area contributed by atoms with Crippen LogP contribution in [0.1, 0.15) is 17.3 Å². The number of nitrogens with one attached hydrogen (secondary N) is 5. The highest BCUT2D eigenvalue weighted by Crippen LogP contribution is 2.34. The first-order valence-electron chi connectivity index (χ1n) is 25.7. The van der Waals surface area contributed by atoms with E-state index in [0.717, 1.165) is 85.5 Å². The summed E-state index contributed by atoms with van der Waals surface area (Å²) in [6.45, 7) is 2.43. The number of carbonyl (C=O) groups excluding carboxylic acids is 2. The van der Waals surface area contributed by atoms with Crippen LogP contribution in [0.5, 0.6) is 0 Å². The van der Waals surface area contributed by atoms with Crippen molar-refractivity contribution in [3.8, 4) is 0 Å². The number of carbonyl (C=O) groups is 2. The first-order valence-corrected chi connectivity index (χ1v) is 40.8. The van der Waals surface area contributed by atoms with Crippen molar-refractivity contribution in [3.05, 3.63) is 227 Å². The molecular formula is C54H37Br16N19O6S4. The van der Waals surface area contributed by atoms with Gasteiger partial charge in [0.15, 0.2) is 20.5 Å². The Morgan fingerprint density at radius 3 is 1.34 bits per heavy atom. The van der Waals surface area contributed by atoms with Crippen molar-refractivity contribution in [3.63, 3.8) is 0 Å². The molecule has 45 heteroatoms. The summed E-state index contributed by atoms with van der Waals surface area (Å²) in [4.78, 5) is 65.9. The van der Waals surface area contributed by atoms with Crippen molar-refractivity contribution in [1.29, 1.82) is 0 Å². The summed E-state index contributed by atoms with van der Waals surface area (Å²) in [6, 6.07) is 35.9. The van der Waals surface area contributed by atoms with Crippen LogP contribution < -0.4 is 53.2 Å². The second kappa shape index (κ2) is 45.2. The standard InChI is InChI=1S/C13H9Br2N3OS.C9H8Br2N4OS.C6H3Br2N3S.C6H5Br2N3S.C5H2Br2N2O3.C5H4Br2N2.C5H3Br2NO.C5H3Br2N/c14-10-6-9(7-11(15)17-10)16-13(20)18-12(19)8-4-2-1-3-5-8;1-2-12-8(16)15-9-13-4-3-5(10)14-7(11)6(4)17-9;7-3-1-2-4(5(8)11-3)12-6(9)10-2;7-4-1-3(10-6(9)12)2-5(8)11-4;6-4-1-3(9(11)12)2-5(7)8(4)10;6-4-1-3(8)2-5(7)9-4;6-4-2-1-3-5(7)8(4)9;6-4-2-1-3-5(7)8-4/h1-7H,(H2,16,17,18,19,20);3H,2H2,1H3,(H2,12,13,15,16);1H,(H2,9,10);1-2H,(H3,9,10,11,12);1-2H;1-2H,(H2,8,9);1-3H;1-3H.